The second-order valence-corrected chi connectivity index (χ2v) is 2.91. The highest BCUT2D eigenvalue weighted by Crippen LogP contribution is 2.25. The first-order chi connectivity index (χ1) is 6.27. The average molecular weight is 175 g/mol. The molecule has 0 atom stereocenters. The number of rotatable bonds is 1. The summed E-state index contributed by atoms with van der Waals surface area (Å²) in [6.45, 7) is 0. The lowest BCUT2D eigenvalue weighted by atomic mass is 10.0. The lowest BCUT2D eigenvalue weighted by Crippen LogP contribution is -2.18. The fraction of sp³-hybridized carbons (Fsp3) is 0.100. The Bertz CT molecular complexity index is 382. The molecule has 0 aliphatic carbocycles. The number of para-hydroxylation sites is 1. The number of hydrogen-bond acceptors (Lipinski definition) is 2. The van der Waals surface area contributed by atoms with Gasteiger partial charge in [0.15, 0.2) is 0 Å². The Labute approximate surface area is 75.8 Å². The number of hydrogen-bond donors (Lipinski definition) is 1. The van der Waals surface area contributed by atoms with Crippen LogP contribution in [0.5, 0.6) is 5.75 Å². The van der Waals surface area contributed by atoms with E-state index >= 15 is 0 Å². The van der Waals surface area contributed by atoms with Gasteiger partial charge in [-0.1, -0.05) is 18.2 Å². The van der Waals surface area contributed by atoms with E-state index in [1.54, 1.807) is 0 Å². The number of amides is 1. The zero-order chi connectivity index (χ0) is 9.26. The molecular weight excluding hydrogens is 166 g/mol. The largest absolute Gasteiger partial charge is 0.464 e. The first-order valence-electron chi connectivity index (χ1n) is 4.01. The Morgan fingerprint density at radius 2 is 2.15 bits per heavy atom. The highest BCUT2D eigenvalue weighted by molar-refractivity contribution is 5.92. The number of benzene rings is 1. The van der Waals surface area contributed by atoms with Gasteiger partial charge < -0.3 is 10.5 Å². The predicted molar refractivity (Wildman–Crippen MR) is 48.1 cm³/mol. The molecule has 0 bridgehead atoms. The van der Waals surface area contributed by atoms with E-state index in [0.29, 0.717) is 12.0 Å². The van der Waals surface area contributed by atoms with Crippen LogP contribution in [-0.4, -0.2) is 5.91 Å². The SMILES string of the molecule is NC(=O)C1=COc2ccccc2C1. The van der Waals surface area contributed by atoms with Crippen molar-refractivity contribution in [1.82, 2.24) is 0 Å². The van der Waals surface area contributed by atoms with E-state index < -0.39 is 5.91 Å². The monoisotopic (exact) mass is 175 g/mol. The number of nitrogens with two attached hydrogens (primary N) is 1. The van der Waals surface area contributed by atoms with Crippen molar-refractivity contribution in [2.45, 2.75) is 6.42 Å². The van der Waals surface area contributed by atoms with Crippen LogP contribution in [0.1, 0.15) is 5.56 Å². The van der Waals surface area contributed by atoms with Crippen LogP contribution in [-0.2, 0) is 11.2 Å². The molecule has 0 saturated heterocycles. The van der Waals surface area contributed by atoms with Gasteiger partial charge in [0.1, 0.15) is 12.0 Å². The van der Waals surface area contributed by atoms with Gasteiger partial charge in [0, 0.05) is 6.42 Å². The van der Waals surface area contributed by atoms with Gasteiger partial charge in [0.25, 0.3) is 0 Å². The van der Waals surface area contributed by atoms with Crippen molar-refractivity contribution in [2.24, 2.45) is 5.73 Å². The van der Waals surface area contributed by atoms with Crippen molar-refractivity contribution in [3.05, 3.63) is 41.7 Å². The van der Waals surface area contributed by atoms with Gasteiger partial charge >= 0.3 is 0 Å². The quantitative estimate of drug-likeness (QED) is 0.692. The first-order valence-corrected chi connectivity index (χ1v) is 4.01. The van der Waals surface area contributed by atoms with Crippen LogP contribution in [0.4, 0.5) is 0 Å². The minimum atomic E-state index is -0.422. The number of carbonyl (C=O) groups is 1. The summed E-state index contributed by atoms with van der Waals surface area (Å²) in [6, 6.07) is 7.59. The molecule has 0 radical (unpaired) electrons. The number of fused-ring (bicyclic) bond motifs is 1. The van der Waals surface area contributed by atoms with E-state index in [9.17, 15) is 4.79 Å². The highest BCUT2D eigenvalue weighted by atomic mass is 16.5. The molecule has 1 amide bonds. The number of carbonyl (C=O) groups excluding carboxylic acids is 1. The molecule has 2 rings (SSSR count). The Morgan fingerprint density at radius 3 is 2.92 bits per heavy atom. The third-order valence-electron chi connectivity index (χ3n) is 2.00. The lowest BCUT2D eigenvalue weighted by molar-refractivity contribution is -0.114. The van der Waals surface area contributed by atoms with Crippen molar-refractivity contribution in [1.29, 1.82) is 0 Å². The minimum Gasteiger partial charge on any atom is -0.464 e. The minimum absolute atomic E-state index is 0.422. The van der Waals surface area contributed by atoms with Gasteiger partial charge in [0.2, 0.25) is 5.91 Å². The van der Waals surface area contributed by atoms with E-state index in [-0.39, 0.29) is 0 Å². The van der Waals surface area contributed by atoms with E-state index in [4.69, 9.17) is 10.5 Å². The molecule has 0 saturated carbocycles. The van der Waals surface area contributed by atoms with Crippen LogP contribution in [0.15, 0.2) is 36.1 Å². The highest BCUT2D eigenvalue weighted by Gasteiger charge is 2.14. The fourth-order valence-electron chi connectivity index (χ4n) is 1.29. The second-order valence-electron chi connectivity index (χ2n) is 2.91. The Kier molecular flexibility index (Phi) is 1.77. The zero-order valence-corrected chi connectivity index (χ0v) is 6.99. The smallest absolute Gasteiger partial charge is 0.248 e. The third-order valence-corrected chi connectivity index (χ3v) is 2.00. The standard InChI is InChI=1S/C10H9NO2/c11-10(12)8-5-7-3-1-2-4-9(7)13-6-8/h1-4,6H,5H2,(H2,11,12). The summed E-state index contributed by atoms with van der Waals surface area (Å²) in [5.41, 5.74) is 6.65. The molecule has 3 nitrogen and oxygen atoms in total. The summed E-state index contributed by atoms with van der Waals surface area (Å²) < 4.78 is 5.23. The predicted octanol–water partition coefficient (Wildman–Crippen LogP) is 0.991. The Balaban J connectivity index is 2.33. The summed E-state index contributed by atoms with van der Waals surface area (Å²) in [7, 11) is 0. The fourth-order valence-corrected chi connectivity index (χ4v) is 1.29. The van der Waals surface area contributed by atoms with Crippen LogP contribution in [0.3, 0.4) is 0 Å². The third kappa shape index (κ3) is 1.40. The number of ether oxygens (including phenoxy) is 1. The van der Waals surface area contributed by atoms with Crippen molar-refractivity contribution in [3.8, 4) is 5.75 Å². The van der Waals surface area contributed by atoms with Crippen LogP contribution in [0.2, 0.25) is 0 Å². The van der Waals surface area contributed by atoms with Crippen LogP contribution in [0, 0.1) is 0 Å². The van der Waals surface area contributed by atoms with Gasteiger partial charge in [-0.05, 0) is 11.6 Å². The van der Waals surface area contributed by atoms with Crippen molar-refractivity contribution < 1.29 is 9.53 Å². The van der Waals surface area contributed by atoms with E-state index in [0.717, 1.165) is 11.3 Å². The number of primary amides is 1. The molecule has 0 spiro atoms. The molecule has 0 unspecified atom stereocenters. The molecule has 0 fully saturated rings. The molecule has 1 aromatic rings. The van der Waals surface area contributed by atoms with Gasteiger partial charge in [-0.3, -0.25) is 4.79 Å². The summed E-state index contributed by atoms with van der Waals surface area (Å²) in [4.78, 5) is 10.8. The molecular formula is C10H9NO2. The molecule has 13 heavy (non-hydrogen) atoms. The van der Waals surface area contributed by atoms with Gasteiger partial charge in [0.05, 0.1) is 5.57 Å². The molecule has 1 heterocycles. The van der Waals surface area contributed by atoms with Gasteiger partial charge in [-0.15, -0.1) is 0 Å². The molecule has 2 N–H and O–H groups in total. The Hall–Kier alpha value is -1.77. The van der Waals surface area contributed by atoms with E-state index in [2.05, 4.69) is 0 Å². The van der Waals surface area contributed by atoms with Crippen molar-refractivity contribution >= 4 is 5.91 Å². The molecule has 1 aromatic carbocycles. The Morgan fingerprint density at radius 1 is 1.38 bits per heavy atom. The van der Waals surface area contributed by atoms with Gasteiger partial charge in [-0.25, -0.2) is 0 Å². The van der Waals surface area contributed by atoms with E-state index in [1.807, 2.05) is 24.3 Å². The lowest BCUT2D eigenvalue weighted by Gasteiger charge is -2.14. The molecule has 3 heteroatoms. The maximum absolute atomic E-state index is 10.8. The normalized spacial score (nSPS) is 14.0. The molecule has 1 aliphatic rings. The molecule has 66 valence electrons. The first kappa shape index (κ1) is 7.86. The summed E-state index contributed by atoms with van der Waals surface area (Å²) in [6.07, 6.45) is 1.98. The summed E-state index contributed by atoms with van der Waals surface area (Å²) in [5, 5.41) is 0. The van der Waals surface area contributed by atoms with Crippen molar-refractivity contribution in [3.63, 3.8) is 0 Å². The second kappa shape index (κ2) is 2.94. The summed E-state index contributed by atoms with van der Waals surface area (Å²) >= 11 is 0. The zero-order valence-electron chi connectivity index (χ0n) is 6.99. The van der Waals surface area contributed by atoms with Crippen LogP contribution in [0.25, 0.3) is 0 Å². The molecule has 0 aromatic heterocycles. The van der Waals surface area contributed by atoms with Crippen LogP contribution < -0.4 is 10.5 Å². The van der Waals surface area contributed by atoms with Gasteiger partial charge in [-0.2, -0.15) is 0 Å². The van der Waals surface area contributed by atoms with E-state index in [1.165, 1.54) is 6.26 Å². The van der Waals surface area contributed by atoms with Crippen LogP contribution >= 0.6 is 0 Å². The maximum atomic E-state index is 10.8. The van der Waals surface area contributed by atoms with Crippen molar-refractivity contribution in [2.75, 3.05) is 0 Å². The maximum Gasteiger partial charge on any atom is 0.248 e. The average Bonchev–Trinajstić information content (AvgIpc) is 2.17. The summed E-state index contributed by atoms with van der Waals surface area (Å²) in [5.74, 6) is 0.377. The molecule has 1 aliphatic heterocycles. The topological polar surface area (TPSA) is 52.3 Å².